The second-order valence-electron chi connectivity index (χ2n) is 9.52. The summed E-state index contributed by atoms with van der Waals surface area (Å²) in [5, 5.41) is 4.83. The van der Waals surface area contributed by atoms with E-state index in [9.17, 15) is 0 Å². The van der Waals surface area contributed by atoms with Crippen molar-refractivity contribution in [1.82, 2.24) is 14.8 Å². The van der Waals surface area contributed by atoms with Gasteiger partial charge in [-0.15, -0.1) is 0 Å². The standard InChI is InChI=1S/C23H34N4O2/c1-23(2,3)17-6-10-20(11-7-17)29-15-21-25-22(16-4-8-18(24)9-5-16)27(26-21)19-12-13-28-14-19/h6-7,10-11,16,18-19H,4-5,8-9,12-15,24H2,1-3H3. The van der Waals surface area contributed by atoms with Crippen molar-refractivity contribution in [2.24, 2.45) is 5.73 Å². The Kier molecular flexibility index (Phi) is 5.93. The number of nitrogens with zero attached hydrogens (tertiary/aromatic N) is 3. The number of ether oxygens (including phenoxy) is 2. The van der Waals surface area contributed by atoms with Gasteiger partial charge in [-0.25, -0.2) is 9.67 Å². The lowest BCUT2D eigenvalue weighted by molar-refractivity contribution is 0.182. The highest BCUT2D eigenvalue weighted by Gasteiger charge is 2.29. The molecule has 1 saturated heterocycles. The van der Waals surface area contributed by atoms with Gasteiger partial charge in [0.25, 0.3) is 0 Å². The van der Waals surface area contributed by atoms with Crippen LogP contribution < -0.4 is 10.5 Å². The number of aromatic nitrogens is 3. The van der Waals surface area contributed by atoms with Gasteiger partial charge in [0.05, 0.1) is 12.6 Å². The molecule has 1 saturated carbocycles. The summed E-state index contributed by atoms with van der Waals surface area (Å²) >= 11 is 0. The highest BCUT2D eigenvalue weighted by atomic mass is 16.5. The van der Waals surface area contributed by atoms with Crippen LogP contribution in [0.5, 0.6) is 5.75 Å². The van der Waals surface area contributed by atoms with Crippen molar-refractivity contribution in [2.45, 2.75) is 82.9 Å². The first-order chi connectivity index (χ1) is 13.9. The number of benzene rings is 1. The maximum absolute atomic E-state index is 6.11. The van der Waals surface area contributed by atoms with Crippen LogP contribution >= 0.6 is 0 Å². The van der Waals surface area contributed by atoms with Crippen LogP contribution in [0.4, 0.5) is 0 Å². The third kappa shape index (κ3) is 4.81. The van der Waals surface area contributed by atoms with Gasteiger partial charge in [0.1, 0.15) is 18.2 Å². The second-order valence-corrected chi connectivity index (χ2v) is 9.52. The van der Waals surface area contributed by atoms with E-state index in [-0.39, 0.29) is 11.5 Å². The van der Waals surface area contributed by atoms with E-state index < -0.39 is 0 Å². The molecule has 1 aliphatic carbocycles. The summed E-state index contributed by atoms with van der Waals surface area (Å²) in [7, 11) is 0. The number of rotatable bonds is 5. The first-order valence-corrected chi connectivity index (χ1v) is 10.9. The summed E-state index contributed by atoms with van der Waals surface area (Å²) in [5.41, 5.74) is 7.54. The summed E-state index contributed by atoms with van der Waals surface area (Å²) in [6, 6.07) is 8.95. The largest absolute Gasteiger partial charge is 0.486 e. The highest BCUT2D eigenvalue weighted by Crippen LogP contribution is 2.34. The normalized spacial score (nSPS) is 25.3. The minimum absolute atomic E-state index is 0.139. The van der Waals surface area contributed by atoms with Gasteiger partial charge in [-0.3, -0.25) is 0 Å². The quantitative estimate of drug-likeness (QED) is 0.821. The monoisotopic (exact) mass is 398 g/mol. The fourth-order valence-corrected chi connectivity index (χ4v) is 4.28. The predicted octanol–water partition coefficient (Wildman–Crippen LogP) is 4.10. The van der Waals surface area contributed by atoms with Gasteiger partial charge in [-0.05, 0) is 55.2 Å². The van der Waals surface area contributed by atoms with E-state index in [0.717, 1.165) is 62.7 Å². The molecule has 0 amide bonds. The van der Waals surface area contributed by atoms with Crippen LogP contribution in [0.1, 0.15) is 82.0 Å². The molecule has 6 nitrogen and oxygen atoms in total. The first kappa shape index (κ1) is 20.4. The van der Waals surface area contributed by atoms with E-state index in [1.807, 2.05) is 12.1 Å². The Morgan fingerprint density at radius 3 is 2.45 bits per heavy atom. The number of hydrogen-bond donors (Lipinski definition) is 1. The molecule has 1 aromatic heterocycles. The average molecular weight is 399 g/mol. The molecule has 2 N–H and O–H groups in total. The molecule has 0 spiro atoms. The fraction of sp³-hybridized carbons (Fsp3) is 0.652. The zero-order valence-corrected chi connectivity index (χ0v) is 17.9. The Hall–Kier alpha value is -1.92. The van der Waals surface area contributed by atoms with Crippen LogP contribution in [0, 0.1) is 0 Å². The minimum Gasteiger partial charge on any atom is -0.486 e. The van der Waals surface area contributed by atoms with Gasteiger partial charge < -0.3 is 15.2 Å². The third-order valence-corrected chi connectivity index (χ3v) is 6.18. The Morgan fingerprint density at radius 1 is 1.10 bits per heavy atom. The van der Waals surface area contributed by atoms with E-state index in [4.69, 9.17) is 25.3 Å². The first-order valence-electron chi connectivity index (χ1n) is 10.9. The van der Waals surface area contributed by atoms with E-state index in [0.29, 0.717) is 18.6 Å². The number of nitrogens with two attached hydrogens (primary N) is 1. The van der Waals surface area contributed by atoms with Gasteiger partial charge in [0.2, 0.25) is 0 Å². The van der Waals surface area contributed by atoms with Gasteiger partial charge in [-0.1, -0.05) is 32.9 Å². The summed E-state index contributed by atoms with van der Waals surface area (Å²) < 4.78 is 13.7. The topological polar surface area (TPSA) is 75.2 Å². The zero-order valence-electron chi connectivity index (χ0n) is 17.9. The van der Waals surface area contributed by atoms with Gasteiger partial charge in [-0.2, -0.15) is 5.10 Å². The van der Waals surface area contributed by atoms with Crippen LogP contribution in [-0.4, -0.2) is 34.0 Å². The summed E-state index contributed by atoms with van der Waals surface area (Å²) in [5.74, 6) is 3.13. The van der Waals surface area contributed by atoms with Crippen molar-refractivity contribution >= 4 is 0 Å². The molecule has 2 fully saturated rings. The van der Waals surface area contributed by atoms with Crippen LogP contribution in [0.2, 0.25) is 0 Å². The molecule has 2 aliphatic rings. The van der Waals surface area contributed by atoms with Gasteiger partial charge in [0, 0.05) is 18.6 Å². The molecule has 2 heterocycles. The Balaban J connectivity index is 1.48. The Labute approximate surface area is 173 Å². The Morgan fingerprint density at radius 2 is 1.83 bits per heavy atom. The molecule has 29 heavy (non-hydrogen) atoms. The fourth-order valence-electron chi connectivity index (χ4n) is 4.28. The lowest BCUT2D eigenvalue weighted by Crippen LogP contribution is -2.27. The van der Waals surface area contributed by atoms with E-state index in [2.05, 4.69) is 37.6 Å². The van der Waals surface area contributed by atoms with Crippen molar-refractivity contribution in [1.29, 1.82) is 0 Å². The number of hydrogen-bond acceptors (Lipinski definition) is 5. The van der Waals surface area contributed by atoms with E-state index >= 15 is 0 Å². The molecule has 6 heteroatoms. The van der Waals surface area contributed by atoms with Crippen molar-refractivity contribution in [3.05, 3.63) is 41.5 Å². The zero-order chi connectivity index (χ0) is 20.4. The van der Waals surface area contributed by atoms with Crippen LogP contribution in [-0.2, 0) is 16.8 Å². The Bertz CT molecular complexity index is 795. The maximum Gasteiger partial charge on any atom is 0.188 e. The molecule has 1 aliphatic heterocycles. The second kappa shape index (κ2) is 8.44. The lowest BCUT2D eigenvalue weighted by atomic mass is 9.86. The van der Waals surface area contributed by atoms with Crippen molar-refractivity contribution in [3.8, 4) is 5.75 Å². The van der Waals surface area contributed by atoms with Gasteiger partial charge in [0.15, 0.2) is 5.82 Å². The SMILES string of the molecule is CC(C)(C)c1ccc(OCc2nc(C3CCC(N)CC3)n(C3CCOC3)n2)cc1. The van der Waals surface area contributed by atoms with Crippen LogP contribution in [0.25, 0.3) is 0 Å². The molecule has 1 atom stereocenters. The molecule has 1 unspecified atom stereocenters. The van der Waals surface area contributed by atoms with Crippen molar-refractivity contribution in [3.63, 3.8) is 0 Å². The summed E-state index contributed by atoms with van der Waals surface area (Å²) in [4.78, 5) is 4.91. The summed E-state index contributed by atoms with van der Waals surface area (Å²) in [6.07, 6.45) is 5.29. The van der Waals surface area contributed by atoms with Crippen LogP contribution in [0.3, 0.4) is 0 Å². The lowest BCUT2D eigenvalue weighted by Gasteiger charge is -2.26. The van der Waals surface area contributed by atoms with Crippen molar-refractivity contribution in [2.75, 3.05) is 13.2 Å². The predicted molar refractivity (Wildman–Crippen MR) is 113 cm³/mol. The van der Waals surface area contributed by atoms with Crippen molar-refractivity contribution < 1.29 is 9.47 Å². The summed E-state index contributed by atoms with van der Waals surface area (Å²) in [6.45, 7) is 8.54. The molecule has 158 valence electrons. The third-order valence-electron chi connectivity index (χ3n) is 6.18. The smallest absolute Gasteiger partial charge is 0.188 e. The van der Waals surface area contributed by atoms with Crippen LogP contribution in [0.15, 0.2) is 24.3 Å². The molecule has 4 rings (SSSR count). The van der Waals surface area contributed by atoms with E-state index in [1.54, 1.807) is 0 Å². The van der Waals surface area contributed by atoms with Gasteiger partial charge >= 0.3 is 0 Å². The molecule has 0 radical (unpaired) electrons. The highest BCUT2D eigenvalue weighted by molar-refractivity contribution is 5.31. The van der Waals surface area contributed by atoms with E-state index in [1.165, 1.54) is 5.56 Å². The minimum atomic E-state index is 0.139. The molecular weight excluding hydrogens is 364 g/mol. The average Bonchev–Trinajstić information content (AvgIpc) is 3.36. The molecule has 0 bridgehead atoms. The molecular formula is C23H34N4O2. The molecule has 2 aromatic rings. The molecule has 1 aromatic carbocycles. The maximum atomic E-state index is 6.11.